The maximum absolute atomic E-state index is 11.5. The van der Waals surface area contributed by atoms with Crippen LogP contribution >= 0.6 is 23.2 Å². The summed E-state index contributed by atoms with van der Waals surface area (Å²) in [5, 5.41) is 7.12. The molecule has 1 aliphatic heterocycles. The van der Waals surface area contributed by atoms with E-state index in [0.717, 1.165) is 0 Å². The van der Waals surface area contributed by atoms with Crippen molar-refractivity contribution in [2.75, 3.05) is 22.1 Å². The summed E-state index contributed by atoms with van der Waals surface area (Å²) in [5.41, 5.74) is 0.559. The minimum atomic E-state index is -2.94. The van der Waals surface area contributed by atoms with Gasteiger partial charge in [-0.05, 0) is 18.6 Å². The van der Waals surface area contributed by atoms with Gasteiger partial charge in [-0.1, -0.05) is 29.3 Å². The molecule has 2 aromatic rings. The van der Waals surface area contributed by atoms with E-state index in [1.807, 2.05) is 0 Å². The number of aromatic nitrogens is 2. The summed E-state index contributed by atoms with van der Waals surface area (Å²) < 4.78 is 23.0. The molecule has 0 spiro atoms. The highest BCUT2D eigenvalue weighted by Crippen LogP contribution is 2.32. The molecule has 1 unspecified atom stereocenters. The Balaban J connectivity index is 1.75. The van der Waals surface area contributed by atoms with E-state index in [-0.39, 0.29) is 17.5 Å². The Labute approximate surface area is 144 Å². The van der Waals surface area contributed by atoms with Crippen molar-refractivity contribution in [2.24, 2.45) is 0 Å². The lowest BCUT2D eigenvalue weighted by atomic mass is 10.2. The van der Waals surface area contributed by atoms with Crippen LogP contribution in [0.3, 0.4) is 0 Å². The number of benzene rings is 1. The van der Waals surface area contributed by atoms with Crippen LogP contribution in [0.4, 0.5) is 17.3 Å². The molecule has 1 atom stereocenters. The lowest BCUT2D eigenvalue weighted by Crippen LogP contribution is -2.21. The van der Waals surface area contributed by atoms with Gasteiger partial charge in [-0.25, -0.2) is 18.4 Å². The predicted molar refractivity (Wildman–Crippen MR) is 92.5 cm³/mol. The van der Waals surface area contributed by atoms with E-state index < -0.39 is 9.84 Å². The Morgan fingerprint density at radius 1 is 1.13 bits per heavy atom. The van der Waals surface area contributed by atoms with E-state index in [2.05, 4.69) is 20.6 Å². The fourth-order valence-corrected chi connectivity index (χ4v) is 4.53. The fourth-order valence-electron chi connectivity index (χ4n) is 2.37. The average Bonchev–Trinajstić information content (AvgIpc) is 2.82. The van der Waals surface area contributed by atoms with E-state index in [0.29, 0.717) is 33.8 Å². The highest BCUT2D eigenvalue weighted by molar-refractivity contribution is 7.91. The number of nitrogens with one attached hydrogen (secondary N) is 2. The highest BCUT2D eigenvalue weighted by atomic mass is 35.5. The van der Waals surface area contributed by atoms with Crippen LogP contribution in [0.1, 0.15) is 6.42 Å². The molecular formula is C14H14Cl2N4O2S. The molecule has 1 saturated heterocycles. The Kier molecular flexibility index (Phi) is 4.61. The molecular weight excluding hydrogens is 359 g/mol. The molecule has 0 radical (unpaired) electrons. The van der Waals surface area contributed by atoms with Gasteiger partial charge in [-0.2, -0.15) is 0 Å². The zero-order valence-corrected chi connectivity index (χ0v) is 14.3. The van der Waals surface area contributed by atoms with Crippen LogP contribution < -0.4 is 10.6 Å². The summed E-state index contributed by atoms with van der Waals surface area (Å²) in [5.74, 6) is 1.39. The standard InChI is InChI=1S/C14H14Cl2N4O2S/c15-10-2-1-3-11(16)14(10)20-13-6-12(17-8-18-13)19-9-4-5-23(21,22)7-9/h1-3,6,8-9H,4-5,7H2,(H2,17,18,19,20). The topological polar surface area (TPSA) is 84.0 Å². The summed E-state index contributed by atoms with van der Waals surface area (Å²) in [7, 11) is -2.94. The molecule has 1 aromatic heterocycles. The Bertz CT molecular complexity index is 809. The minimum Gasteiger partial charge on any atom is -0.366 e. The van der Waals surface area contributed by atoms with Crippen LogP contribution in [-0.4, -0.2) is 35.9 Å². The first kappa shape index (κ1) is 16.3. The molecule has 122 valence electrons. The molecule has 0 bridgehead atoms. The average molecular weight is 373 g/mol. The summed E-state index contributed by atoms with van der Waals surface area (Å²) in [4.78, 5) is 8.24. The summed E-state index contributed by atoms with van der Waals surface area (Å²) >= 11 is 12.2. The van der Waals surface area contributed by atoms with E-state index in [9.17, 15) is 8.42 Å². The normalized spacial score (nSPS) is 19.5. The van der Waals surface area contributed by atoms with Gasteiger partial charge in [-0.3, -0.25) is 0 Å². The summed E-state index contributed by atoms with van der Waals surface area (Å²) in [6.45, 7) is 0. The van der Waals surface area contributed by atoms with E-state index in [1.165, 1.54) is 6.33 Å². The highest BCUT2D eigenvalue weighted by Gasteiger charge is 2.27. The van der Waals surface area contributed by atoms with Crippen molar-refractivity contribution in [1.29, 1.82) is 0 Å². The molecule has 0 aliphatic carbocycles. The van der Waals surface area contributed by atoms with Crippen molar-refractivity contribution in [3.8, 4) is 0 Å². The molecule has 9 heteroatoms. The number of para-hydroxylation sites is 1. The third kappa shape index (κ3) is 4.04. The van der Waals surface area contributed by atoms with Crippen molar-refractivity contribution < 1.29 is 8.42 Å². The van der Waals surface area contributed by atoms with E-state index in [1.54, 1.807) is 24.3 Å². The number of rotatable bonds is 4. The second-order valence-electron chi connectivity index (χ2n) is 5.25. The number of nitrogens with zero attached hydrogens (tertiary/aromatic N) is 2. The zero-order chi connectivity index (χ0) is 16.4. The smallest absolute Gasteiger partial charge is 0.152 e. The minimum absolute atomic E-state index is 0.121. The van der Waals surface area contributed by atoms with Gasteiger partial charge in [0.15, 0.2) is 9.84 Å². The Morgan fingerprint density at radius 3 is 2.48 bits per heavy atom. The van der Waals surface area contributed by atoms with Crippen molar-refractivity contribution >= 4 is 50.4 Å². The number of hydrogen-bond donors (Lipinski definition) is 2. The van der Waals surface area contributed by atoms with Gasteiger partial charge >= 0.3 is 0 Å². The predicted octanol–water partition coefficient (Wildman–Crippen LogP) is 3.13. The molecule has 23 heavy (non-hydrogen) atoms. The third-order valence-electron chi connectivity index (χ3n) is 3.47. The molecule has 1 fully saturated rings. The first-order valence-corrected chi connectivity index (χ1v) is 9.51. The van der Waals surface area contributed by atoms with Gasteiger partial charge < -0.3 is 10.6 Å². The molecule has 2 heterocycles. The molecule has 2 N–H and O–H groups in total. The largest absolute Gasteiger partial charge is 0.366 e. The summed E-state index contributed by atoms with van der Waals surface area (Å²) in [6.07, 6.45) is 1.96. The number of halogens is 2. The van der Waals surface area contributed by atoms with Crippen LogP contribution in [0.2, 0.25) is 10.0 Å². The maximum atomic E-state index is 11.5. The van der Waals surface area contributed by atoms with Gasteiger partial charge in [0.25, 0.3) is 0 Å². The van der Waals surface area contributed by atoms with Gasteiger partial charge in [0.2, 0.25) is 0 Å². The van der Waals surface area contributed by atoms with Crippen LogP contribution in [0.25, 0.3) is 0 Å². The summed E-state index contributed by atoms with van der Waals surface area (Å²) in [6, 6.07) is 6.75. The lowest BCUT2D eigenvalue weighted by molar-refractivity contribution is 0.602. The number of anilines is 3. The quantitative estimate of drug-likeness (QED) is 0.857. The Hall–Kier alpha value is -1.57. The molecule has 1 aromatic carbocycles. The first-order valence-electron chi connectivity index (χ1n) is 6.93. The second-order valence-corrected chi connectivity index (χ2v) is 8.30. The second kappa shape index (κ2) is 6.51. The third-order valence-corrected chi connectivity index (χ3v) is 5.87. The molecule has 0 amide bonds. The lowest BCUT2D eigenvalue weighted by Gasteiger charge is -2.13. The van der Waals surface area contributed by atoms with E-state index in [4.69, 9.17) is 23.2 Å². The maximum Gasteiger partial charge on any atom is 0.152 e. The van der Waals surface area contributed by atoms with Crippen molar-refractivity contribution in [2.45, 2.75) is 12.5 Å². The fraction of sp³-hybridized carbons (Fsp3) is 0.286. The SMILES string of the molecule is O=S1(=O)CCC(Nc2cc(Nc3c(Cl)cccc3Cl)ncn2)C1. The molecule has 1 aliphatic rings. The number of sulfone groups is 1. The zero-order valence-electron chi connectivity index (χ0n) is 12.0. The van der Waals surface area contributed by atoms with E-state index >= 15 is 0 Å². The molecule has 3 rings (SSSR count). The number of hydrogen-bond acceptors (Lipinski definition) is 6. The monoisotopic (exact) mass is 372 g/mol. The van der Waals surface area contributed by atoms with Gasteiger partial charge in [-0.15, -0.1) is 0 Å². The van der Waals surface area contributed by atoms with Gasteiger partial charge in [0.1, 0.15) is 18.0 Å². The van der Waals surface area contributed by atoms with Crippen LogP contribution in [0.15, 0.2) is 30.6 Å². The van der Waals surface area contributed by atoms with Gasteiger partial charge in [0, 0.05) is 12.1 Å². The van der Waals surface area contributed by atoms with Crippen molar-refractivity contribution in [3.05, 3.63) is 40.6 Å². The van der Waals surface area contributed by atoms with Crippen LogP contribution in [-0.2, 0) is 9.84 Å². The molecule has 0 saturated carbocycles. The first-order chi connectivity index (χ1) is 10.9. The van der Waals surface area contributed by atoms with Gasteiger partial charge in [0.05, 0.1) is 27.2 Å². The van der Waals surface area contributed by atoms with Crippen LogP contribution in [0, 0.1) is 0 Å². The molecule has 6 nitrogen and oxygen atoms in total. The Morgan fingerprint density at radius 2 is 1.83 bits per heavy atom. The van der Waals surface area contributed by atoms with Crippen LogP contribution in [0.5, 0.6) is 0 Å². The van der Waals surface area contributed by atoms with Crippen molar-refractivity contribution in [1.82, 2.24) is 9.97 Å². The van der Waals surface area contributed by atoms with Crippen molar-refractivity contribution in [3.63, 3.8) is 0 Å².